The summed E-state index contributed by atoms with van der Waals surface area (Å²) in [6, 6.07) is 5.51. The van der Waals surface area contributed by atoms with Gasteiger partial charge in [0.15, 0.2) is 0 Å². The van der Waals surface area contributed by atoms with Crippen molar-refractivity contribution in [2.75, 3.05) is 18.8 Å². The minimum absolute atomic E-state index is 0.0854. The average molecular weight is 299 g/mol. The molecule has 5 heteroatoms. The van der Waals surface area contributed by atoms with E-state index < -0.39 is 0 Å². The number of carbonyl (C=O) groups excluding carboxylic acids is 1. The van der Waals surface area contributed by atoms with Gasteiger partial charge in [-0.1, -0.05) is 11.6 Å². The van der Waals surface area contributed by atoms with Crippen LogP contribution in [0.3, 0.4) is 0 Å². The highest BCUT2D eigenvalue weighted by Gasteiger charge is 2.22. The monoisotopic (exact) mass is 298 g/mol. The van der Waals surface area contributed by atoms with E-state index in [1.54, 1.807) is 6.07 Å². The molecule has 2 rings (SSSR count). The number of nitrogens with two attached hydrogens (primary N) is 1. The summed E-state index contributed by atoms with van der Waals surface area (Å²) >= 11 is 7.53. The van der Waals surface area contributed by atoms with Gasteiger partial charge in [-0.15, -0.1) is 11.8 Å². The van der Waals surface area contributed by atoms with Crippen molar-refractivity contribution in [1.29, 1.82) is 0 Å². The Hall–Kier alpha value is -0.870. The molecule has 1 unspecified atom stereocenters. The van der Waals surface area contributed by atoms with Crippen LogP contribution in [0.4, 0.5) is 5.69 Å². The number of halogens is 1. The summed E-state index contributed by atoms with van der Waals surface area (Å²) < 4.78 is 0. The second kappa shape index (κ2) is 6.53. The van der Waals surface area contributed by atoms with Crippen LogP contribution in [0.2, 0.25) is 5.02 Å². The van der Waals surface area contributed by atoms with E-state index in [1.165, 1.54) is 18.2 Å². The predicted molar refractivity (Wildman–Crippen MR) is 81.6 cm³/mol. The van der Waals surface area contributed by atoms with Gasteiger partial charge in [0.1, 0.15) is 0 Å². The van der Waals surface area contributed by atoms with Crippen molar-refractivity contribution in [2.45, 2.75) is 36.3 Å². The lowest BCUT2D eigenvalue weighted by Gasteiger charge is -2.29. The maximum absolute atomic E-state index is 12.3. The van der Waals surface area contributed by atoms with Gasteiger partial charge in [-0.25, -0.2) is 0 Å². The maximum atomic E-state index is 12.3. The number of nitrogen functional groups attached to an aromatic ring is 1. The van der Waals surface area contributed by atoms with Crippen LogP contribution in [0, 0.1) is 0 Å². The molecule has 1 atom stereocenters. The largest absolute Gasteiger partial charge is 0.398 e. The molecule has 19 heavy (non-hydrogen) atoms. The number of amides is 1. The van der Waals surface area contributed by atoms with Crippen molar-refractivity contribution in [3.63, 3.8) is 0 Å². The molecular weight excluding hydrogens is 280 g/mol. The molecule has 1 heterocycles. The van der Waals surface area contributed by atoms with E-state index >= 15 is 0 Å². The molecule has 0 aromatic heterocycles. The molecule has 1 saturated heterocycles. The fraction of sp³-hybridized carbons (Fsp3) is 0.500. The van der Waals surface area contributed by atoms with Gasteiger partial charge in [-0.3, -0.25) is 4.79 Å². The molecule has 2 N–H and O–H groups in total. The van der Waals surface area contributed by atoms with Gasteiger partial charge in [0.25, 0.3) is 0 Å². The van der Waals surface area contributed by atoms with Gasteiger partial charge in [0.2, 0.25) is 5.91 Å². The number of hydrogen-bond donors (Lipinski definition) is 1. The Bertz CT molecular complexity index is 461. The summed E-state index contributed by atoms with van der Waals surface area (Å²) in [5.74, 6) is 0.220. The lowest BCUT2D eigenvalue weighted by molar-refractivity contribution is -0.131. The zero-order valence-electron chi connectivity index (χ0n) is 11.1. The minimum Gasteiger partial charge on any atom is -0.398 e. The van der Waals surface area contributed by atoms with E-state index in [-0.39, 0.29) is 11.2 Å². The second-order valence-corrected chi connectivity index (χ2v) is 6.65. The summed E-state index contributed by atoms with van der Waals surface area (Å²) in [5.41, 5.74) is 6.25. The smallest absolute Gasteiger partial charge is 0.235 e. The Labute approximate surface area is 123 Å². The number of carbonyl (C=O) groups is 1. The Morgan fingerprint density at radius 3 is 2.68 bits per heavy atom. The van der Waals surface area contributed by atoms with Crippen LogP contribution in [-0.2, 0) is 4.79 Å². The molecule has 1 amide bonds. The Balaban J connectivity index is 1.97. The zero-order valence-corrected chi connectivity index (χ0v) is 12.6. The number of likely N-dealkylation sites (tertiary alicyclic amines) is 1. The van der Waals surface area contributed by atoms with Gasteiger partial charge in [-0.2, -0.15) is 0 Å². The molecule has 0 bridgehead atoms. The number of hydrogen-bond acceptors (Lipinski definition) is 3. The third-order valence-electron chi connectivity index (χ3n) is 3.30. The molecule has 0 spiro atoms. The molecule has 1 aliphatic heterocycles. The number of rotatable bonds is 3. The lowest BCUT2D eigenvalue weighted by Crippen LogP contribution is -2.40. The molecule has 1 aromatic carbocycles. The summed E-state index contributed by atoms with van der Waals surface area (Å²) in [6.07, 6.45) is 3.48. The minimum atomic E-state index is -0.0854. The molecule has 0 radical (unpaired) electrons. The van der Waals surface area contributed by atoms with E-state index in [2.05, 4.69) is 0 Å². The van der Waals surface area contributed by atoms with Gasteiger partial charge in [0, 0.05) is 18.0 Å². The molecule has 104 valence electrons. The van der Waals surface area contributed by atoms with Crippen LogP contribution in [-0.4, -0.2) is 29.1 Å². The second-order valence-electron chi connectivity index (χ2n) is 4.83. The van der Waals surface area contributed by atoms with Crippen molar-refractivity contribution in [3.8, 4) is 0 Å². The SMILES string of the molecule is CC(Sc1ccc(N)c(Cl)c1)C(=O)N1CCCCC1. The van der Waals surface area contributed by atoms with Crippen LogP contribution in [0.1, 0.15) is 26.2 Å². The molecule has 1 fully saturated rings. The number of piperidine rings is 1. The first-order valence-electron chi connectivity index (χ1n) is 6.58. The number of nitrogens with zero attached hydrogens (tertiary/aromatic N) is 1. The molecule has 0 saturated carbocycles. The molecule has 3 nitrogen and oxygen atoms in total. The van der Waals surface area contributed by atoms with Crippen LogP contribution >= 0.6 is 23.4 Å². The fourth-order valence-electron chi connectivity index (χ4n) is 2.21. The quantitative estimate of drug-likeness (QED) is 0.687. The average Bonchev–Trinajstić information content (AvgIpc) is 2.43. The Morgan fingerprint density at radius 1 is 1.37 bits per heavy atom. The van der Waals surface area contributed by atoms with Crippen molar-refractivity contribution >= 4 is 35.0 Å². The van der Waals surface area contributed by atoms with Gasteiger partial charge in [0.05, 0.1) is 16.0 Å². The van der Waals surface area contributed by atoms with Gasteiger partial charge < -0.3 is 10.6 Å². The predicted octanol–water partition coefficient (Wildman–Crippen LogP) is 3.42. The third-order valence-corrected chi connectivity index (χ3v) is 4.71. The standard InChI is InChI=1S/C14H19ClN2OS/c1-10(14(18)17-7-3-2-4-8-17)19-11-5-6-13(16)12(15)9-11/h5-6,9-10H,2-4,7-8,16H2,1H3. The van der Waals surface area contributed by atoms with Crippen molar-refractivity contribution in [1.82, 2.24) is 4.90 Å². The molecule has 1 aliphatic rings. The highest BCUT2D eigenvalue weighted by Crippen LogP contribution is 2.30. The lowest BCUT2D eigenvalue weighted by atomic mass is 10.1. The highest BCUT2D eigenvalue weighted by atomic mass is 35.5. The summed E-state index contributed by atoms with van der Waals surface area (Å²) in [7, 11) is 0. The topological polar surface area (TPSA) is 46.3 Å². The molecule has 1 aromatic rings. The van der Waals surface area contributed by atoms with E-state index in [9.17, 15) is 4.79 Å². The van der Waals surface area contributed by atoms with Crippen molar-refractivity contribution in [3.05, 3.63) is 23.2 Å². The van der Waals surface area contributed by atoms with Gasteiger partial charge in [-0.05, 0) is 44.4 Å². The zero-order chi connectivity index (χ0) is 13.8. The van der Waals surface area contributed by atoms with E-state index in [0.29, 0.717) is 10.7 Å². The van der Waals surface area contributed by atoms with Crippen LogP contribution in [0.5, 0.6) is 0 Å². The van der Waals surface area contributed by atoms with Crippen molar-refractivity contribution in [2.24, 2.45) is 0 Å². The van der Waals surface area contributed by atoms with E-state index in [0.717, 1.165) is 30.8 Å². The maximum Gasteiger partial charge on any atom is 0.235 e. The van der Waals surface area contributed by atoms with E-state index in [1.807, 2.05) is 24.0 Å². The third kappa shape index (κ3) is 3.80. The summed E-state index contributed by atoms with van der Waals surface area (Å²) in [6.45, 7) is 3.74. The number of thioether (sulfide) groups is 1. The summed E-state index contributed by atoms with van der Waals surface area (Å²) in [5, 5.41) is 0.459. The number of anilines is 1. The summed E-state index contributed by atoms with van der Waals surface area (Å²) in [4.78, 5) is 15.3. The van der Waals surface area contributed by atoms with Crippen LogP contribution in [0.25, 0.3) is 0 Å². The Kier molecular flexibility index (Phi) is 4.99. The first kappa shape index (κ1) is 14.5. The fourth-order valence-corrected chi connectivity index (χ4v) is 3.44. The molecule has 0 aliphatic carbocycles. The van der Waals surface area contributed by atoms with Crippen LogP contribution in [0.15, 0.2) is 23.1 Å². The normalized spacial score (nSPS) is 17.3. The highest BCUT2D eigenvalue weighted by molar-refractivity contribution is 8.00. The van der Waals surface area contributed by atoms with Crippen molar-refractivity contribution < 1.29 is 4.79 Å². The first-order chi connectivity index (χ1) is 9.08. The van der Waals surface area contributed by atoms with Gasteiger partial charge >= 0.3 is 0 Å². The molecular formula is C14H19ClN2OS. The Morgan fingerprint density at radius 2 is 2.05 bits per heavy atom. The van der Waals surface area contributed by atoms with Crippen LogP contribution < -0.4 is 5.73 Å². The first-order valence-corrected chi connectivity index (χ1v) is 7.84. The van der Waals surface area contributed by atoms with E-state index in [4.69, 9.17) is 17.3 Å². The number of benzene rings is 1.